The number of hydrogen-bond acceptors (Lipinski definition) is 3. The smallest absolute Gasteiger partial charge is 0.268 e. The topological polar surface area (TPSA) is 37.4 Å². The number of benzene rings is 2. The molecule has 134 valence electrons. The van der Waals surface area contributed by atoms with E-state index in [9.17, 15) is 22.8 Å². The van der Waals surface area contributed by atoms with E-state index in [-0.39, 0.29) is 17.0 Å². The van der Waals surface area contributed by atoms with E-state index in [4.69, 9.17) is 11.6 Å². The Labute approximate surface area is 156 Å². The molecule has 26 heavy (non-hydrogen) atoms. The Kier molecular flexibility index (Phi) is 5.11. The van der Waals surface area contributed by atoms with E-state index in [0.29, 0.717) is 16.8 Å². The van der Waals surface area contributed by atoms with Gasteiger partial charge < -0.3 is 0 Å². The van der Waals surface area contributed by atoms with Crippen LogP contribution in [0.4, 0.5) is 18.0 Å². The number of carbonyl (C=O) groups is 2. The summed E-state index contributed by atoms with van der Waals surface area (Å²) >= 11 is 6.51. The van der Waals surface area contributed by atoms with Crippen LogP contribution < -0.4 is 0 Å². The number of rotatable bonds is 3. The molecule has 0 spiro atoms. The molecule has 1 aliphatic heterocycles. The maximum Gasteiger partial charge on any atom is 0.416 e. The van der Waals surface area contributed by atoms with Crippen LogP contribution in [0.1, 0.15) is 16.7 Å². The molecule has 0 N–H and O–H groups in total. The Morgan fingerprint density at radius 3 is 2.42 bits per heavy atom. The minimum Gasteiger partial charge on any atom is -0.268 e. The van der Waals surface area contributed by atoms with Gasteiger partial charge in [0.05, 0.1) is 17.0 Å². The first-order valence-corrected chi connectivity index (χ1v) is 8.60. The van der Waals surface area contributed by atoms with Gasteiger partial charge in [-0.05, 0) is 53.2 Å². The number of halogens is 4. The second-order valence-electron chi connectivity index (χ2n) is 5.52. The van der Waals surface area contributed by atoms with E-state index in [1.54, 1.807) is 24.3 Å². The number of hydrogen-bond donors (Lipinski definition) is 0. The van der Waals surface area contributed by atoms with Crippen molar-refractivity contribution < 1.29 is 22.8 Å². The second-order valence-corrected chi connectivity index (χ2v) is 6.95. The SMILES string of the molecule is O=C1S/C(=C\c2cccc(C(F)(F)F)c2)C(=O)N1Cc1ccc(Cl)cc1. The molecule has 1 aliphatic rings. The summed E-state index contributed by atoms with van der Waals surface area (Å²) < 4.78 is 38.4. The lowest BCUT2D eigenvalue weighted by molar-refractivity contribution is -0.137. The summed E-state index contributed by atoms with van der Waals surface area (Å²) in [4.78, 5) is 25.7. The molecule has 2 aromatic carbocycles. The lowest BCUT2D eigenvalue weighted by atomic mass is 10.1. The monoisotopic (exact) mass is 397 g/mol. The van der Waals surface area contributed by atoms with Gasteiger partial charge in [-0.2, -0.15) is 13.2 Å². The van der Waals surface area contributed by atoms with Crippen molar-refractivity contribution in [3.63, 3.8) is 0 Å². The van der Waals surface area contributed by atoms with Crippen molar-refractivity contribution in [2.45, 2.75) is 12.7 Å². The molecule has 8 heteroatoms. The van der Waals surface area contributed by atoms with E-state index in [2.05, 4.69) is 0 Å². The highest BCUT2D eigenvalue weighted by atomic mass is 35.5. The fraction of sp³-hybridized carbons (Fsp3) is 0.111. The van der Waals surface area contributed by atoms with Crippen molar-refractivity contribution in [3.05, 3.63) is 75.1 Å². The summed E-state index contributed by atoms with van der Waals surface area (Å²) in [5.74, 6) is -0.535. The van der Waals surface area contributed by atoms with Gasteiger partial charge in [-0.15, -0.1) is 0 Å². The second kappa shape index (κ2) is 7.17. The van der Waals surface area contributed by atoms with Gasteiger partial charge in [0.15, 0.2) is 0 Å². The van der Waals surface area contributed by atoms with Gasteiger partial charge in [-0.3, -0.25) is 14.5 Å². The number of nitrogens with zero attached hydrogens (tertiary/aromatic N) is 1. The average molecular weight is 398 g/mol. The molecule has 2 aromatic rings. The highest BCUT2D eigenvalue weighted by molar-refractivity contribution is 8.18. The van der Waals surface area contributed by atoms with Crippen LogP contribution in [0.15, 0.2) is 53.4 Å². The predicted octanol–water partition coefficient (Wildman–Crippen LogP) is 5.60. The van der Waals surface area contributed by atoms with Crippen LogP contribution in [-0.2, 0) is 17.5 Å². The highest BCUT2D eigenvalue weighted by Gasteiger charge is 2.35. The maximum absolute atomic E-state index is 12.8. The Bertz CT molecular complexity index is 894. The van der Waals surface area contributed by atoms with E-state index in [1.165, 1.54) is 18.2 Å². The number of carbonyl (C=O) groups excluding carboxylic acids is 2. The van der Waals surface area contributed by atoms with E-state index in [1.807, 2.05) is 0 Å². The van der Waals surface area contributed by atoms with Crippen molar-refractivity contribution in [2.75, 3.05) is 0 Å². The molecule has 0 bridgehead atoms. The maximum atomic E-state index is 12.8. The third kappa shape index (κ3) is 4.11. The molecule has 0 aromatic heterocycles. The molecule has 0 saturated carbocycles. The Balaban J connectivity index is 1.82. The molecule has 1 heterocycles. The van der Waals surface area contributed by atoms with Crippen LogP contribution in [0.3, 0.4) is 0 Å². The van der Waals surface area contributed by atoms with Crippen LogP contribution >= 0.6 is 23.4 Å². The summed E-state index contributed by atoms with van der Waals surface area (Å²) in [5.41, 5.74) is 0.112. The zero-order chi connectivity index (χ0) is 18.9. The zero-order valence-corrected chi connectivity index (χ0v) is 14.7. The van der Waals surface area contributed by atoms with Gasteiger partial charge in [-0.25, -0.2) is 0 Å². The molecule has 0 aliphatic carbocycles. The molecule has 0 unspecified atom stereocenters. The van der Waals surface area contributed by atoms with Crippen molar-refractivity contribution in [1.29, 1.82) is 0 Å². The van der Waals surface area contributed by atoms with Gasteiger partial charge in [0.1, 0.15) is 0 Å². The largest absolute Gasteiger partial charge is 0.416 e. The first kappa shape index (κ1) is 18.5. The number of thioether (sulfide) groups is 1. The Hall–Kier alpha value is -2.25. The number of amides is 2. The van der Waals surface area contributed by atoms with Crippen molar-refractivity contribution in [2.24, 2.45) is 0 Å². The van der Waals surface area contributed by atoms with Gasteiger partial charge in [0, 0.05) is 5.02 Å². The molecule has 2 amide bonds. The quantitative estimate of drug-likeness (QED) is 0.633. The van der Waals surface area contributed by atoms with Crippen molar-refractivity contribution in [1.82, 2.24) is 4.90 Å². The molecule has 0 radical (unpaired) electrons. The first-order chi connectivity index (χ1) is 12.2. The molecule has 0 atom stereocenters. The minimum absolute atomic E-state index is 0.0712. The third-order valence-corrected chi connectivity index (χ3v) is 4.80. The van der Waals surface area contributed by atoms with E-state index >= 15 is 0 Å². The predicted molar refractivity (Wildman–Crippen MR) is 94.4 cm³/mol. The van der Waals surface area contributed by atoms with Gasteiger partial charge >= 0.3 is 6.18 Å². The van der Waals surface area contributed by atoms with Crippen LogP contribution in [0.25, 0.3) is 6.08 Å². The highest BCUT2D eigenvalue weighted by Crippen LogP contribution is 2.35. The lowest BCUT2D eigenvalue weighted by Crippen LogP contribution is -2.27. The summed E-state index contributed by atoms with van der Waals surface area (Å²) in [6.45, 7) is 0.0712. The average Bonchev–Trinajstić information content (AvgIpc) is 2.84. The molecular weight excluding hydrogens is 387 g/mol. The fourth-order valence-corrected chi connectivity index (χ4v) is 3.33. The first-order valence-electron chi connectivity index (χ1n) is 7.41. The Morgan fingerprint density at radius 2 is 1.77 bits per heavy atom. The molecule has 3 nitrogen and oxygen atoms in total. The summed E-state index contributed by atoms with van der Waals surface area (Å²) in [5, 5.41) is 0.0653. The molecular formula is C18H11ClF3NO2S. The van der Waals surface area contributed by atoms with Crippen LogP contribution in [0.2, 0.25) is 5.02 Å². The van der Waals surface area contributed by atoms with Crippen molar-refractivity contribution >= 4 is 40.6 Å². The van der Waals surface area contributed by atoms with Gasteiger partial charge in [0.25, 0.3) is 11.1 Å². The number of imide groups is 1. The van der Waals surface area contributed by atoms with Gasteiger partial charge in [0.2, 0.25) is 0 Å². The third-order valence-electron chi connectivity index (χ3n) is 3.64. The standard InChI is InChI=1S/C18H11ClF3NO2S/c19-14-6-4-11(5-7-14)10-23-16(24)15(26-17(23)25)9-12-2-1-3-13(8-12)18(20,21)22/h1-9H,10H2/b15-9-. The molecule has 1 fully saturated rings. The normalized spacial score (nSPS) is 16.6. The molecule has 1 saturated heterocycles. The van der Waals surface area contributed by atoms with E-state index in [0.717, 1.165) is 22.6 Å². The number of alkyl halides is 3. The zero-order valence-electron chi connectivity index (χ0n) is 13.1. The Morgan fingerprint density at radius 1 is 1.08 bits per heavy atom. The van der Waals surface area contributed by atoms with Crippen LogP contribution in [0, 0.1) is 0 Å². The van der Waals surface area contributed by atoms with Crippen molar-refractivity contribution in [3.8, 4) is 0 Å². The van der Waals surface area contributed by atoms with E-state index < -0.39 is 22.9 Å². The summed E-state index contributed by atoms with van der Waals surface area (Å²) in [6, 6.07) is 11.3. The summed E-state index contributed by atoms with van der Waals surface area (Å²) in [6.07, 6.45) is -3.18. The van der Waals surface area contributed by atoms with Crippen LogP contribution in [0.5, 0.6) is 0 Å². The fourth-order valence-electron chi connectivity index (χ4n) is 2.36. The van der Waals surface area contributed by atoms with Crippen LogP contribution in [-0.4, -0.2) is 16.0 Å². The summed E-state index contributed by atoms with van der Waals surface area (Å²) in [7, 11) is 0. The lowest BCUT2D eigenvalue weighted by Gasteiger charge is -2.12. The van der Waals surface area contributed by atoms with Gasteiger partial charge in [-0.1, -0.05) is 35.9 Å². The molecule has 3 rings (SSSR count). The minimum atomic E-state index is -4.47.